The highest BCUT2D eigenvalue weighted by Gasteiger charge is 2.19. The Labute approximate surface area is 156 Å². The molecule has 0 saturated carbocycles. The highest BCUT2D eigenvalue weighted by Crippen LogP contribution is 2.29. The molecule has 11 heteroatoms. The van der Waals surface area contributed by atoms with Crippen molar-refractivity contribution in [2.45, 2.75) is 4.90 Å². The molecule has 7 nitrogen and oxygen atoms in total. The van der Waals surface area contributed by atoms with Crippen molar-refractivity contribution in [3.63, 3.8) is 0 Å². The molecule has 0 fully saturated rings. The van der Waals surface area contributed by atoms with Gasteiger partial charge in [0, 0.05) is 10.9 Å². The summed E-state index contributed by atoms with van der Waals surface area (Å²) in [5.41, 5.74) is 0.952. The Bertz CT molecular complexity index is 1020. The van der Waals surface area contributed by atoms with Crippen molar-refractivity contribution < 1.29 is 13.2 Å². The topological polar surface area (TPSA) is 101 Å². The third-order valence-corrected chi connectivity index (χ3v) is 6.49. The normalized spacial score (nSPS) is 11.4. The number of carbonyl (C=O) groups is 1. The molecule has 0 aliphatic heterocycles. The smallest absolute Gasteiger partial charge is 0.259 e. The summed E-state index contributed by atoms with van der Waals surface area (Å²) in [6.45, 7) is 0. The van der Waals surface area contributed by atoms with Crippen LogP contribution in [0.5, 0.6) is 0 Å². The van der Waals surface area contributed by atoms with Crippen molar-refractivity contribution in [1.29, 1.82) is 0 Å². The second-order valence-corrected chi connectivity index (χ2v) is 8.78. The van der Waals surface area contributed by atoms with Gasteiger partial charge in [-0.1, -0.05) is 22.9 Å². The molecule has 3 aromatic rings. The van der Waals surface area contributed by atoms with Crippen molar-refractivity contribution in [3.05, 3.63) is 45.6 Å². The fraction of sp³-hybridized carbons (Fsp3) is 0.0714. The minimum absolute atomic E-state index is 0.0327. The van der Waals surface area contributed by atoms with E-state index in [1.54, 1.807) is 0 Å². The number of carbonyl (C=O) groups excluding carboxylic acids is 1. The summed E-state index contributed by atoms with van der Waals surface area (Å²) in [4.78, 5) is 12.4. The van der Waals surface area contributed by atoms with Gasteiger partial charge in [-0.2, -0.15) is 11.3 Å². The zero-order valence-corrected chi connectivity index (χ0v) is 15.9. The molecule has 3 rings (SSSR count). The lowest BCUT2D eigenvalue weighted by atomic mass is 10.2. The molecule has 0 saturated heterocycles. The number of amides is 1. The number of rotatable bonds is 5. The number of thiophene rings is 1. The molecule has 2 N–H and O–H groups in total. The lowest BCUT2D eigenvalue weighted by Gasteiger charge is -2.07. The van der Waals surface area contributed by atoms with Crippen molar-refractivity contribution in [2.75, 3.05) is 12.4 Å². The molecule has 25 heavy (non-hydrogen) atoms. The van der Waals surface area contributed by atoms with Gasteiger partial charge in [-0.25, -0.2) is 13.1 Å². The Morgan fingerprint density at radius 3 is 2.72 bits per heavy atom. The number of hydrogen-bond acceptors (Lipinski definition) is 7. The number of hydrogen-bond donors (Lipinski definition) is 2. The first-order valence-corrected chi connectivity index (χ1v) is 10.4. The van der Waals surface area contributed by atoms with Crippen LogP contribution in [0.2, 0.25) is 5.02 Å². The van der Waals surface area contributed by atoms with Crippen LogP contribution in [0.4, 0.5) is 5.13 Å². The molecule has 0 atom stereocenters. The van der Waals surface area contributed by atoms with Gasteiger partial charge in [0.05, 0.1) is 15.5 Å². The van der Waals surface area contributed by atoms with E-state index in [2.05, 4.69) is 20.2 Å². The molecular weight excluding hydrogens is 404 g/mol. The molecule has 2 heterocycles. The van der Waals surface area contributed by atoms with E-state index >= 15 is 0 Å². The van der Waals surface area contributed by atoms with Gasteiger partial charge in [0.1, 0.15) is 5.01 Å². The van der Waals surface area contributed by atoms with Gasteiger partial charge in [-0.15, -0.1) is 10.2 Å². The molecule has 2 aromatic heterocycles. The minimum Gasteiger partial charge on any atom is -0.296 e. The molecule has 1 amide bonds. The van der Waals surface area contributed by atoms with Crippen molar-refractivity contribution in [1.82, 2.24) is 14.9 Å². The number of halogens is 1. The van der Waals surface area contributed by atoms with Gasteiger partial charge in [-0.3, -0.25) is 10.1 Å². The molecule has 0 unspecified atom stereocenters. The Morgan fingerprint density at radius 2 is 2.04 bits per heavy atom. The number of aromatic nitrogens is 2. The van der Waals surface area contributed by atoms with Crippen LogP contribution < -0.4 is 10.0 Å². The van der Waals surface area contributed by atoms with E-state index in [0.29, 0.717) is 10.1 Å². The summed E-state index contributed by atoms with van der Waals surface area (Å²) in [6.07, 6.45) is 0. The van der Waals surface area contributed by atoms with E-state index in [0.717, 1.165) is 5.56 Å². The van der Waals surface area contributed by atoms with E-state index in [1.165, 1.54) is 47.9 Å². The first kappa shape index (κ1) is 18.0. The molecule has 130 valence electrons. The molecule has 0 radical (unpaired) electrons. The van der Waals surface area contributed by atoms with Crippen LogP contribution in [-0.4, -0.2) is 31.6 Å². The Kier molecular flexibility index (Phi) is 5.16. The lowest BCUT2D eigenvalue weighted by Crippen LogP contribution is -2.20. The van der Waals surface area contributed by atoms with Gasteiger partial charge in [0.25, 0.3) is 5.91 Å². The maximum absolute atomic E-state index is 12.4. The van der Waals surface area contributed by atoms with Crippen molar-refractivity contribution in [2.24, 2.45) is 0 Å². The average Bonchev–Trinajstić information content (AvgIpc) is 3.26. The number of sulfonamides is 1. The van der Waals surface area contributed by atoms with Gasteiger partial charge < -0.3 is 0 Å². The Hall–Kier alpha value is -1.85. The second-order valence-electron chi connectivity index (χ2n) is 4.73. The number of nitrogens with zero attached hydrogens (tertiary/aromatic N) is 2. The van der Waals surface area contributed by atoms with Crippen LogP contribution >= 0.6 is 34.3 Å². The predicted molar refractivity (Wildman–Crippen MR) is 98.9 cm³/mol. The second kappa shape index (κ2) is 7.18. The number of benzene rings is 1. The van der Waals surface area contributed by atoms with Crippen LogP contribution in [0.3, 0.4) is 0 Å². The summed E-state index contributed by atoms with van der Waals surface area (Å²) in [5.74, 6) is -0.564. The molecular formula is C14H11ClN4O3S3. The fourth-order valence-corrected chi connectivity index (χ4v) is 4.31. The summed E-state index contributed by atoms with van der Waals surface area (Å²) in [6, 6.07) is 5.80. The quantitative estimate of drug-likeness (QED) is 0.668. The van der Waals surface area contributed by atoms with Crippen molar-refractivity contribution >= 4 is 55.3 Å². The molecule has 1 aromatic carbocycles. The highest BCUT2D eigenvalue weighted by molar-refractivity contribution is 7.89. The van der Waals surface area contributed by atoms with E-state index in [-0.39, 0.29) is 15.5 Å². The largest absolute Gasteiger partial charge is 0.296 e. The maximum Gasteiger partial charge on any atom is 0.259 e. The Balaban J connectivity index is 1.85. The summed E-state index contributed by atoms with van der Waals surface area (Å²) in [7, 11) is -2.39. The lowest BCUT2D eigenvalue weighted by molar-refractivity contribution is 0.102. The zero-order chi connectivity index (χ0) is 18.0. The first-order chi connectivity index (χ1) is 11.9. The minimum atomic E-state index is -3.68. The fourth-order valence-electron chi connectivity index (χ4n) is 1.90. The maximum atomic E-state index is 12.4. The van der Waals surface area contributed by atoms with E-state index in [1.807, 2.05) is 16.8 Å². The van der Waals surface area contributed by atoms with E-state index < -0.39 is 15.9 Å². The van der Waals surface area contributed by atoms with Gasteiger partial charge >= 0.3 is 0 Å². The van der Waals surface area contributed by atoms with E-state index in [4.69, 9.17) is 11.6 Å². The SMILES string of the molecule is CNS(=O)(=O)c1ccc(Cl)c(C(=O)Nc2nnc(-c3ccsc3)s2)c1. The molecule has 0 aliphatic carbocycles. The third-order valence-electron chi connectivity index (χ3n) is 3.18. The summed E-state index contributed by atoms with van der Waals surface area (Å²) >= 11 is 8.78. The van der Waals surface area contributed by atoms with Crippen LogP contribution in [0, 0.1) is 0 Å². The predicted octanol–water partition coefficient (Wildman–Crippen LogP) is 3.08. The number of nitrogens with one attached hydrogen (secondary N) is 2. The number of anilines is 1. The highest BCUT2D eigenvalue weighted by atomic mass is 35.5. The average molecular weight is 415 g/mol. The monoisotopic (exact) mass is 414 g/mol. The Morgan fingerprint density at radius 1 is 1.24 bits per heavy atom. The molecule has 0 bridgehead atoms. The summed E-state index contributed by atoms with van der Waals surface area (Å²) in [5, 5.41) is 15.5. The van der Waals surface area contributed by atoms with Crippen molar-refractivity contribution in [3.8, 4) is 10.6 Å². The van der Waals surface area contributed by atoms with E-state index in [9.17, 15) is 13.2 Å². The third kappa shape index (κ3) is 3.88. The molecule has 0 spiro atoms. The molecule has 0 aliphatic rings. The van der Waals surface area contributed by atoms with Crippen LogP contribution in [0.25, 0.3) is 10.6 Å². The van der Waals surface area contributed by atoms with Crippen LogP contribution in [0.15, 0.2) is 39.9 Å². The van der Waals surface area contributed by atoms with Gasteiger partial charge in [0.2, 0.25) is 15.2 Å². The first-order valence-electron chi connectivity index (χ1n) is 6.81. The van der Waals surface area contributed by atoms with Crippen LogP contribution in [0.1, 0.15) is 10.4 Å². The zero-order valence-electron chi connectivity index (χ0n) is 12.7. The standard InChI is InChI=1S/C14H11ClN4O3S3/c1-16-25(21,22)9-2-3-11(15)10(6-9)12(20)17-14-19-18-13(24-14)8-4-5-23-7-8/h2-7,16H,1H3,(H,17,19,20). The van der Waals surface area contributed by atoms with Crippen LogP contribution in [-0.2, 0) is 10.0 Å². The van der Waals surface area contributed by atoms with Gasteiger partial charge in [0.15, 0.2) is 0 Å². The van der Waals surface area contributed by atoms with Gasteiger partial charge in [-0.05, 0) is 36.7 Å². The summed E-state index contributed by atoms with van der Waals surface area (Å²) < 4.78 is 25.9.